The number of benzene rings is 2. The summed E-state index contributed by atoms with van der Waals surface area (Å²) in [7, 11) is 0. The van der Waals surface area contributed by atoms with E-state index in [1.165, 1.54) is 24.8 Å². The molecule has 2 aliphatic heterocycles. The van der Waals surface area contributed by atoms with Crippen LogP contribution in [0.5, 0.6) is 0 Å². The third-order valence-electron chi connectivity index (χ3n) is 7.39. The van der Waals surface area contributed by atoms with Gasteiger partial charge in [0, 0.05) is 25.6 Å². The molecular formula is C26H32N2O3. The van der Waals surface area contributed by atoms with Crippen LogP contribution in [0.2, 0.25) is 0 Å². The van der Waals surface area contributed by atoms with Crippen LogP contribution < -0.4 is 5.32 Å². The van der Waals surface area contributed by atoms with Crippen molar-refractivity contribution in [2.45, 2.75) is 43.9 Å². The van der Waals surface area contributed by atoms with E-state index in [1.807, 2.05) is 29.2 Å². The summed E-state index contributed by atoms with van der Waals surface area (Å²) in [4.78, 5) is 15.1. The Balaban J connectivity index is 1.29. The molecule has 2 saturated heterocycles. The number of hydrogen-bond donors (Lipinski definition) is 1. The van der Waals surface area contributed by atoms with Gasteiger partial charge in [-0.3, -0.25) is 4.90 Å². The van der Waals surface area contributed by atoms with Gasteiger partial charge in [-0.2, -0.15) is 0 Å². The SMILES string of the molecule is O=C1O[C@@H]2[C@H](COCCc3ccccc3)CNC[C@]2(C2CCC2)N1Cc1ccccc1. The van der Waals surface area contributed by atoms with E-state index < -0.39 is 0 Å². The van der Waals surface area contributed by atoms with Crippen molar-refractivity contribution in [3.8, 4) is 0 Å². The molecular weight excluding hydrogens is 388 g/mol. The normalized spacial score (nSPS) is 28.1. The Morgan fingerprint density at radius 1 is 1.03 bits per heavy atom. The van der Waals surface area contributed by atoms with Gasteiger partial charge in [0.1, 0.15) is 6.10 Å². The van der Waals surface area contributed by atoms with Gasteiger partial charge < -0.3 is 14.8 Å². The average molecular weight is 421 g/mol. The molecule has 1 amide bonds. The third kappa shape index (κ3) is 3.97. The first-order valence-corrected chi connectivity index (χ1v) is 11.6. The average Bonchev–Trinajstić information content (AvgIpc) is 3.04. The van der Waals surface area contributed by atoms with Gasteiger partial charge >= 0.3 is 6.09 Å². The van der Waals surface area contributed by atoms with Gasteiger partial charge in [-0.1, -0.05) is 67.1 Å². The maximum atomic E-state index is 13.1. The fourth-order valence-electron chi connectivity index (χ4n) is 5.56. The number of nitrogens with zero attached hydrogens (tertiary/aromatic N) is 1. The highest BCUT2D eigenvalue weighted by Crippen LogP contribution is 2.49. The lowest BCUT2D eigenvalue weighted by molar-refractivity contribution is -0.0638. The summed E-state index contributed by atoms with van der Waals surface area (Å²) in [5, 5.41) is 3.64. The van der Waals surface area contributed by atoms with Crippen LogP contribution >= 0.6 is 0 Å². The van der Waals surface area contributed by atoms with Crippen molar-refractivity contribution >= 4 is 6.09 Å². The van der Waals surface area contributed by atoms with Gasteiger partial charge in [0.15, 0.2) is 0 Å². The van der Waals surface area contributed by atoms with Crippen LogP contribution in [0, 0.1) is 11.8 Å². The number of rotatable bonds is 8. The predicted octanol–water partition coefficient (Wildman–Crippen LogP) is 4.03. The van der Waals surface area contributed by atoms with Crippen molar-refractivity contribution in [1.82, 2.24) is 10.2 Å². The third-order valence-corrected chi connectivity index (χ3v) is 7.39. The Morgan fingerprint density at radius 3 is 2.42 bits per heavy atom. The highest BCUT2D eigenvalue weighted by molar-refractivity contribution is 5.72. The Labute approximate surface area is 184 Å². The predicted molar refractivity (Wildman–Crippen MR) is 120 cm³/mol. The zero-order valence-electron chi connectivity index (χ0n) is 18.0. The summed E-state index contributed by atoms with van der Waals surface area (Å²) in [5.74, 6) is 0.669. The number of amides is 1. The molecule has 0 spiro atoms. The topological polar surface area (TPSA) is 50.8 Å². The van der Waals surface area contributed by atoms with Gasteiger partial charge in [0.2, 0.25) is 0 Å². The lowest BCUT2D eigenvalue weighted by Crippen LogP contribution is -2.69. The van der Waals surface area contributed by atoms with Crippen molar-refractivity contribution < 1.29 is 14.3 Å². The zero-order valence-corrected chi connectivity index (χ0v) is 18.0. The minimum atomic E-state index is -0.267. The van der Waals surface area contributed by atoms with Crippen LogP contribution in [0.25, 0.3) is 0 Å². The molecule has 3 atom stereocenters. The van der Waals surface area contributed by atoms with E-state index >= 15 is 0 Å². The van der Waals surface area contributed by atoms with Gasteiger partial charge in [0.25, 0.3) is 0 Å². The summed E-state index contributed by atoms with van der Waals surface area (Å²) < 4.78 is 12.2. The second-order valence-corrected chi connectivity index (χ2v) is 9.20. The quantitative estimate of drug-likeness (QED) is 0.656. The molecule has 0 bridgehead atoms. The van der Waals surface area contributed by atoms with E-state index in [9.17, 15) is 4.79 Å². The standard InChI is InChI=1S/C26H32N2O3/c29-25-28(17-21-10-5-2-6-11-21)26(23-12-7-13-23)19-27-16-22(24(26)31-25)18-30-15-14-20-8-3-1-4-9-20/h1-6,8-11,22-24,27H,7,12-19H2/t22-,24+,26+/m0/s1. The van der Waals surface area contributed by atoms with Crippen LogP contribution in [-0.4, -0.2) is 48.9 Å². The van der Waals surface area contributed by atoms with Gasteiger partial charge in [-0.25, -0.2) is 4.79 Å². The fourth-order valence-corrected chi connectivity index (χ4v) is 5.56. The molecule has 2 aromatic carbocycles. The maximum Gasteiger partial charge on any atom is 0.411 e. The molecule has 2 heterocycles. The fraction of sp³-hybridized carbons (Fsp3) is 0.500. The number of piperidine rings is 1. The molecule has 2 aromatic rings. The molecule has 0 aromatic heterocycles. The van der Waals surface area contributed by atoms with Gasteiger partial charge in [-0.15, -0.1) is 0 Å². The molecule has 5 heteroatoms. The summed E-state index contributed by atoms with van der Waals surface area (Å²) in [5.41, 5.74) is 2.17. The van der Waals surface area contributed by atoms with E-state index in [1.54, 1.807) is 0 Å². The van der Waals surface area contributed by atoms with Gasteiger partial charge in [-0.05, 0) is 36.3 Å². The molecule has 1 aliphatic carbocycles. The Kier molecular flexibility index (Phi) is 5.97. The summed E-state index contributed by atoms with van der Waals surface area (Å²) >= 11 is 0. The Bertz CT molecular complexity index is 871. The maximum absolute atomic E-state index is 13.1. The lowest BCUT2D eigenvalue weighted by atomic mass is 9.64. The first-order valence-electron chi connectivity index (χ1n) is 11.6. The molecule has 164 valence electrons. The highest BCUT2D eigenvalue weighted by atomic mass is 16.6. The number of ether oxygens (including phenoxy) is 2. The highest BCUT2D eigenvalue weighted by Gasteiger charge is 2.63. The summed E-state index contributed by atoms with van der Waals surface area (Å²) in [6, 6.07) is 20.7. The molecule has 5 rings (SSSR count). The first-order chi connectivity index (χ1) is 15.3. The van der Waals surface area contributed by atoms with Crippen molar-refractivity contribution in [3.05, 3.63) is 71.8 Å². The molecule has 1 N–H and O–H groups in total. The van der Waals surface area contributed by atoms with Crippen LogP contribution in [0.4, 0.5) is 4.79 Å². The molecule has 5 nitrogen and oxygen atoms in total. The van der Waals surface area contributed by atoms with Crippen LogP contribution in [0.3, 0.4) is 0 Å². The molecule has 0 unspecified atom stereocenters. The van der Waals surface area contributed by atoms with E-state index in [0.717, 1.165) is 25.1 Å². The molecule has 0 radical (unpaired) electrons. The van der Waals surface area contributed by atoms with Crippen molar-refractivity contribution in [2.75, 3.05) is 26.3 Å². The number of nitrogens with one attached hydrogen (secondary N) is 1. The van der Waals surface area contributed by atoms with Crippen molar-refractivity contribution in [3.63, 3.8) is 0 Å². The largest absolute Gasteiger partial charge is 0.443 e. The van der Waals surface area contributed by atoms with E-state index in [-0.39, 0.29) is 23.7 Å². The zero-order chi connectivity index (χ0) is 21.1. The lowest BCUT2D eigenvalue weighted by Gasteiger charge is -2.52. The summed E-state index contributed by atoms with van der Waals surface area (Å²) in [6.45, 7) is 3.55. The minimum absolute atomic E-state index is 0.105. The van der Waals surface area contributed by atoms with Crippen molar-refractivity contribution in [1.29, 1.82) is 0 Å². The molecule has 3 fully saturated rings. The van der Waals surface area contributed by atoms with Crippen LogP contribution in [-0.2, 0) is 22.4 Å². The smallest absolute Gasteiger partial charge is 0.411 e. The molecule has 3 aliphatic rings. The second kappa shape index (κ2) is 9.01. The minimum Gasteiger partial charge on any atom is -0.443 e. The summed E-state index contributed by atoms with van der Waals surface area (Å²) in [6.07, 6.45) is 4.21. The van der Waals surface area contributed by atoms with Crippen LogP contribution in [0.1, 0.15) is 30.4 Å². The number of fused-ring (bicyclic) bond motifs is 1. The van der Waals surface area contributed by atoms with Crippen molar-refractivity contribution in [2.24, 2.45) is 11.8 Å². The Morgan fingerprint density at radius 2 is 1.74 bits per heavy atom. The molecule has 31 heavy (non-hydrogen) atoms. The number of carbonyl (C=O) groups excluding carboxylic acids is 1. The Hall–Kier alpha value is -2.37. The monoisotopic (exact) mass is 420 g/mol. The molecule has 1 saturated carbocycles. The number of hydrogen-bond acceptors (Lipinski definition) is 4. The van der Waals surface area contributed by atoms with E-state index in [4.69, 9.17) is 9.47 Å². The van der Waals surface area contributed by atoms with Gasteiger partial charge in [0.05, 0.1) is 18.8 Å². The number of carbonyl (C=O) groups is 1. The van der Waals surface area contributed by atoms with Crippen LogP contribution in [0.15, 0.2) is 60.7 Å². The van der Waals surface area contributed by atoms with E-state index in [0.29, 0.717) is 25.7 Å². The first kappa shape index (κ1) is 20.5. The van der Waals surface area contributed by atoms with E-state index in [2.05, 4.69) is 41.7 Å². The second-order valence-electron chi connectivity index (χ2n) is 9.20.